The van der Waals surface area contributed by atoms with Gasteiger partial charge in [0.25, 0.3) is 0 Å². The number of likely N-dealkylation sites (tertiary alicyclic amines) is 1. The molecule has 2 rings (SSSR count). The highest BCUT2D eigenvalue weighted by atomic mass is 16.6. The Morgan fingerprint density at radius 2 is 2.26 bits per heavy atom. The number of nitrogens with zero attached hydrogens (tertiary/aromatic N) is 2. The van der Waals surface area contributed by atoms with Gasteiger partial charge in [-0.3, -0.25) is 16.3 Å². The molecule has 0 radical (unpaired) electrons. The van der Waals surface area contributed by atoms with E-state index in [1.165, 1.54) is 0 Å². The molecule has 1 saturated heterocycles. The first kappa shape index (κ1) is 17.5. The fourth-order valence-electron chi connectivity index (χ4n) is 2.80. The van der Waals surface area contributed by atoms with Crippen molar-refractivity contribution >= 4 is 6.09 Å². The van der Waals surface area contributed by atoms with Gasteiger partial charge >= 0.3 is 6.09 Å². The summed E-state index contributed by atoms with van der Waals surface area (Å²) in [5.41, 5.74) is 3.08. The molecule has 1 aromatic rings. The Morgan fingerprint density at radius 1 is 1.52 bits per heavy atom. The first-order valence-corrected chi connectivity index (χ1v) is 7.78. The highest BCUT2D eigenvalue weighted by Crippen LogP contribution is 2.33. The summed E-state index contributed by atoms with van der Waals surface area (Å²) >= 11 is 0. The Morgan fingerprint density at radius 3 is 2.87 bits per heavy atom. The van der Waals surface area contributed by atoms with Crippen LogP contribution in [-0.2, 0) is 4.74 Å². The molecule has 2 unspecified atom stereocenters. The third-order valence-electron chi connectivity index (χ3n) is 3.84. The van der Waals surface area contributed by atoms with Gasteiger partial charge in [0.1, 0.15) is 17.0 Å². The largest absolute Gasteiger partial charge is 0.495 e. The summed E-state index contributed by atoms with van der Waals surface area (Å²) in [7, 11) is 1.61. The smallest absolute Gasteiger partial charge is 0.410 e. The average molecular weight is 322 g/mol. The van der Waals surface area contributed by atoms with E-state index in [1.54, 1.807) is 18.2 Å². The second-order valence-electron chi connectivity index (χ2n) is 6.71. The van der Waals surface area contributed by atoms with Crippen molar-refractivity contribution in [1.29, 1.82) is 0 Å². The molecule has 1 fully saturated rings. The van der Waals surface area contributed by atoms with Gasteiger partial charge in [-0.2, -0.15) is 0 Å². The van der Waals surface area contributed by atoms with Gasteiger partial charge in [-0.25, -0.2) is 4.79 Å². The van der Waals surface area contributed by atoms with E-state index in [-0.39, 0.29) is 18.1 Å². The van der Waals surface area contributed by atoms with Crippen LogP contribution >= 0.6 is 0 Å². The van der Waals surface area contributed by atoms with Crippen LogP contribution in [-0.4, -0.2) is 41.8 Å². The Labute approximate surface area is 137 Å². The predicted molar refractivity (Wildman–Crippen MR) is 86.8 cm³/mol. The van der Waals surface area contributed by atoms with Gasteiger partial charge in [-0.05, 0) is 39.3 Å². The molecule has 3 N–H and O–H groups in total. The highest BCUT2D eigenvalue weighted by Gasteiger charge is 2.35. The van der Waals surface area contributed by atoms with Crippen LogP contribution in [0.15, 0.2) is 18.3 Å². The first-order chi connectivity index (χ1) is 10.9. The summed E-state index contributed by atoms with van der Waals surface area (Å²) in [6.07, 6.45) is 2.25. The third-order valence-corrected chi connectivity index (χ3v) is 3.84. The molecule has 0 spiro atoms. The maximum Gasteiger partial charge on any atom is 0.410 e. The normalized spacial score (nSPS) is 19.5. The van der Waals surface area contributed by atoms with Crippen molar-refractivity contribution in [3.05, 3.63) is 24.0 Å². The van der Waals surface area contributed by atoms with E-state index in [9.17, 15) is 4.79 Å². The van der Waals surface area contributed by atoms with Crippen LogP contribution in [0.2, 0.25) is 0 Å². The van der Waals surface area contributed by atoms with Gasteiger partial charge in [0.15, 0.2) is 0 Å². The fourth-order valence-corrected chi connectivity index (χ4v) is 2.80. The number of hydrogen-bond donors (Lipinski definition) is 2. The topological polar surface area (TPSA) is 89.7 Å². The lowest BCUT2D eigenvalue weighted by atomic mass is 9.95. The van der Waals surface area contributed by atoms with Gasteiger partial charge < -0.3 is 14.4 Å². The van der Waals surface area contributed by atoms with Gasteiger partial charge in [0, 0.05) is 25.2 Å². The fraction of sp³-hybridized carbons (Fsp3) is 0.625. The minimum absolute atomic E-state index is 0.149. The van der Waals surface area contributed by atoms with Crippen molar-refractivity contribution in [2.24, 2.45) is 11.8 Å². The Hall–Kier alpha value is -1.86. The van der Waals surface area contributed by atoms with E-state index in [0.717, 1.165) is 12.1 Å². The number of amides is 1. The monoisotopic (exact) mass is 322 g/mol. The summed E-state index contributed by atoms with van der Waals surface area (Å²) in [4.78, 5) is 18.3. The summed E-state index contributed by atoms with van der Waals surface area (Å²) in [6, 6.07) is 3.49. The number of pyridine rings is 1. The van der Waals surface area contributed by atoms with Crippen molar-refractivity contribution in [2.45, 2.75) is 38.8 Å². The number of nitrogens with one attached hydrogen (secondary N) is 1. The molecular formula is C16H26N4O3. The van der Waals surface area contributed by atoms with E-state index < -0.39 is 5.60 Å². The molecule has 1 aliphatic rings. The summed E-state index contributed by atoms with van der Waals surface area (Å²) in [5.74, 6) is 6.59. The van der Waals surface area contributed by atoms with Gasteiger partial charge in [-0.15, -0.1) is 0 Å². The van der Waals surface area contributed by atoms with E-state index >= 15 is 0 Å². The summed E-state index contributed by atoms with van der Waals surface area (Å²) in [5, 5.41) is 0. The van der Waals surface area contributed by atoms with E-state index in [0.29, 0.717) is 18.8 Å². The predicted octanol–water partition coefficient (Wildman–Crippen LogP) is 1.85. The van der Waals surface area contributed by atoms with Gasteiger partial charge in [-0.1, -0.05) is 0 Å². The van der Waals surface area contributed by atoms with Crippen LogP contribution in [0, 0.1) is 5.92 Å². The third kappa shape index (κ3) is 4.33. The molecule has 7 nitrogen and oxygen atoms in total. The molecule has 0 saturated carbocycles. The van der Waals surface area contributed by atoms with Crippen LogP contribution in [0.5, 0.6) is 5.75 Å². The molecule has 0 aromatic carbocycles. The lowest BCUT2D eigenvalue weighted by Crippen LogP contribution is -2.38. The highest BCUT2D eigenvalue weighted by molar-refractivity contribution is 5.68. The standard InChI is InChI=1S/C16H26N4O3/c1-16(2,3)23-15(21)20-9-7-11(10-20)13(19-17)14-12(22-4)6-5-8-18-14/h5-6,8,11,13,19H,7,9-10,17H2,1-4H3. The van der Waals surface area contributed by atoms with Gasteiger partial charge in [0.2, 0.25) is 0 Å². The molecule has 1 aliphatic heterocycles. The number of methoxy groups -OCH3 is 1. The summed E-state index contributed by atoms with van der Waals surface area (Å²) in [6.45, 7) is 6.81. The average Bonchev–Trinajstić information content (AvgIpc) is 2.97. The second kappa shape index (κ2) is 7.14. The van der Waals surface area contributed by atoms with Crippen LogP contribution in [0.1, 0.15) is 38.9 Å². The molecule has 0 bridgehead atoms. The lowest BCUT2D eigenvalue weighted by Gasteiger charge is -2.26. The molecule has 23 heavy (non-hydrogen) atoms. The number of ether oxygens (including phenoxy) is 2. The zero-order chi connectivity index (χ0) is 17.0. The SMILES string of the molecule is COc1cccnc1C(NN)C1CCN(C(=O)OC(C)(C)C)C1. The number of nitrogens with two attached hydrogens (primary N) is 1. The molecule has 2 heterocycles. The first-order valence-electron chi connectivity index (χ1n) is 7.78. The summed E-state index contributed by atoms with van der Waals surface area (Å²) < 4.78 is 10.8. The maximum atomic E-state index is 12.2. The van der Waals surface area contributed by atoms with Crippen molar-refractivity contribution in [2.75, 3.05) is 20.2 Å². The number of hydrogen-bond acceptors (Lipinski definition) is 6. The maximum absolute atomic E-state index is 12.2. The Bertz CT molecular complexity index is 544. The minimum Gasteiger partial charge on any atom is -0.495 e. The van der Waals surface area contributed by atoms with E-state index in [1.807, 2.05) is 32.9 Å². The molecule has 7 heteroatoms. The Balaban J connectivity index is 2.08. The molecule has 2 atom stereocenters. The van der Waals surface area contributed by atoms with E-state index in [2.05, 4.69) is 10.4 Å². The number of hydrazine groups is 1. The quantitative estimate of drug-likeness (QED) is 0.649. The van der Waals surface area contributed by atoms with Gasteiger partial charge in [0.05, 0.1) is 13.2 Å². The van der Waals surface area contributed by atoms with Crippen molar-refractivity contribution < 1.29 is 14.3 Å². The molecule has 128 valence electrons. The molecule has 0 aliphatic carbocycles. The second-order valence-corrected chi connectivity index (χ2v) is 6.71. The number of carbonyl (C=O) groups is 1. The zero-order valence-corrected chi connectivity index (χ0v) is 14.2. The molecular weight excluding hydrogens is 296 g/mol. The van der Waals surface area contributed by atoms with Crippen LogP contribution < -0.4 is 16.0 Å². The number of carbonyl (C=O) groups excluding carboxylic acids is 1. The van der Waals surface area contributed by atoms with Crippen molar-refractivity contribution in [3.8, 4) is 5.75 Å². The number of aromatic nitrogens is 1. The van der Waals surface area contributed by atoms with Crippen LogP contribution in [0.3, 0.4) is 0 Å². The van der Waals surface area contributed by atoms with Crippen molar-refractivity contribution in [3.63, 3.8) is 0 Å². The molecule has 1 amide bonds. The van der Waals surface area contributed by atoms with Crippen LogP contribution in [0.4, 0.5) is 4.79 Å². The van der Waals surface area contributed by atoms with Crippen molar-refractivity contribution in [1.82, 2.24) is 15.3 Å². The van der Waals surface area contributed by atoms with Crippen LogP contribution in [0.25, 0.3) is 0 Å². The minimum atomic E-state index is -0.495. The number of rotatable bonds is 4. The zero-order valence-electron chi connectivity index (χ0n) is 14.2. The lowest BCUT2D eigenvalue weighted by molar-refractivity contribution is 0.0285. The Kier molecular flexibility index (Phi) is 5.43. The molecule has 1 aromatic heterocycles. The van der Waals surface area contributed by atoms with E-state index in [4.69, 9.17) is 15.3 Å².